The van der Waals surface area contributed by atoms with Crippen LogP contribution in [0.5, 0.6) is 0 Å². The molecule has 1 aliphatic rings. The highest BCUT2D eigenvalue weighted by Crippen LogP contribution is 2.27. The summed E-state index contributed by atoms with van der Waals surface area (Å²) in [7, 11) is 1.75. The van der Waals surface area contributed by atoms with Crippen molar-refractivity contribution in [3.63, 3.8) is 0 Å². The molecule has 154 valence electrons. The SMILES string of the molecule is Cc1nc(CN(C)C(=O)C(c2ccccc2)N2CCCCC2=O)nc2ccccc12. The Labute approximate surface area is 176 Å². The lowest BCUT2D eigenvalue weighted by Gasteiger charge is -2.36. The minimum Gasteiger partial charge on any atom is -0.336 e. The molecule has 0 bridgehead atoms. The molecule has 1 aliphatic heterocycles. The average molecular weight is 402 g/mol. The molecule has 0 spiro atoms. The predicted octanol–water partition coefficient (Wildman–Crippen LogP) is 3.65. The molecule has 2 heterocycles. The molecule has 1 fully saturated rings. The summed E-state index contributed by atoms with van der Waals surface area (Å²) in [6, 6.07) is 16.8. The van der Waals surface area contributed by atoms with E-state index in [0.29, 0.717) is 18.8 Å². The van der Waals surface area contributed by atoms with Crippen LogP contribution in [-0.2, 0) is 16.1 Å². The van der Waals surface area contributed by atoms with E-state index < -0.39 is 6.04 Å². The van der Waals surface area contributed by atoms with Gasteiger partial charge in [0.1, 0.15) is 11.9 Å². The minimum atomic E-state index is -0.620. The van der Waals surface area contributed by atoms with Gasteiger partial charge in [0, 0.05) is 31.1 Å². The zero-order valence-electron chi connectivity index (χ0n) is 17.4. The lowest BCUT2D eigenvalue weighted by molar-refractivity contribution is -0.147. The molecule has 6 nitrogen and oxygen atoms in total. The molecule has 1 atom stereocenters. The third-order valence-electron chi connectivity index (χ3n) is 5.62. The van der Waals surface area contributed by atoms with Gasteiger partial charge >= 0.3 is 0 Å². The predicted molar refractivity (Wildman–Crippen MR) is 115 cm³/mol. The van der Waals surface area contributed by atoms with Crippen LogP contribution in [0.1, 0.15) is 42.4 Å². The van der Waals surface area contributed by atoms with Gasteiger partial charge in [0.05, 0.1) is 12.1 Å². The number of carbonyl (C=O) groups excluding carboxylic acids is 2. The Bertz CT molecular complexity index is 1070. The summed E-state index contributed by atoms with van der Waals surface area (Å²) in [4.78, 5) is 38.7. The van der Waals surface area contributed by atoms with Gasteiger partial charge in [-0.15, -0.1) is 0 Å². The molecule has 3 aromatic rings. The van der Waals surface area contributed by atoms with E-state index in [4.69, 9.17) is 0 Å². The van der Waals surface area contributed by atoms with Gasteiger partial charge in [0.2, 0.25) is 11.8 Å². The number of amides is 2. The summed E-state index contributed by atoms with van der Waals surface area (Å²) in [5.74, 6) is 0.513. The van der Waals surface area contributed by atoms with Crippen molar-refractivity contribution in [2.45, 2.75) is 38.8 Å². The van der Waals surface area contributed by atoms with Crippen molar-refractivity contribution in [1.29, 1.82) is 0 Å². The monoisotopic (exact) mass is 402 g/mol. The Morgan fingerprint density at radius 3 is 2.57 bits per heavy atom. The number of likely N-dealkylation sites (tertiary alicyclic amines) is 1. The highest BCUT2D eigenvalue weighted by atomic mass is 16.2. The number of hydrogen-bond acceptors (Lipinski definition) is 4. The quantitative estimate of drug-likeness (QED) is 0.653. The van der Waals surface area contributed by atoms with E-state index in [1.807, 2.05) is 61.5 Å². The Morgan fingerprint density at radius 2 is 1.80 bits per heavy atom. The molecule has 4 rings (SSSR count). The van der Waals surface area contributed by atoms with Crippen molar-refractivity contribution in [2.24, 2.45) is 0 Å². The van der Waals surface area contributed by atoms with E-state index in [2.05, 4.69) is 9.97 Å². The lowest BCUT2D eigenvalue weighted by atomic mass is 10.00. The first-order chi connectivity index (χ1) is 14.5. The molecular weight excluding hydrogens is 376 g/mol. The second-order valence-corrected chi connectivity index (χ2v) is 7.79. The van der Waals surface area contributed by atoms with Crippen molar-refractivity contribution in [1.82, 2.24) is 19.8 Å². The average Bonchev–Trinajstić information content (AvgIpc) is 2.76. The maximum atomic E-state index is 13.5. The molecule has 1 unspecified atom stereocenters. The fourth-order valence-electron chi connectivity index (χ4n) is 4.06. The number of aromatic nitrogens is 2. The third kappa shape index (κ3) is 4.03. The van der Waals surface area contributed by atoms with Crippen LogP contribution in [0, 0.1) is 6.92 Å². The summed E-state index contributed by atoms with van der Waals surface area (Å²) in [6.45, 7) is 2.84. The number of fused-ring (bicyclic) bond motifs is 1. The van der Waals surface area contributed by atoms with Crippen molar-refractivity contribution in [3.05, 3.63) is 71.7 Å². The second kappa shape index (κ2) is 8.61. The fourth-order valence-corrected chi connectivity index (χ4v) is 4.06. The number of carbonyl (C=O) groups is 2. The van der Waals surface area contributed by atoms with Crippen LogP contribution in [0.4, 0.5) is 0 Å². The lowest BCUT2D eigenvalue weighted by Crippen LogP contribution is -2.46. The highest BCUT2D eigenvalue weighted by Gasteiger charge is 2.34. The number of hydrogen-bond donors (Lipinski definition) is 0. The molecule has 0 N–H and O–H groups in total. The maximum Gasteiger partial charge on any atom is 0.250 e. The summed E-state index contributed by atoms with van der Waals surface area (Å²) < 4.78 is 0. The number of nitrogens with zero attached hydrogens (tertiary/aromatic N) is 4. The molecule has 0 aliphatic carbocycles. The van der Waals surface area contributed by atoms with E-state index in [0.717, 1.165) is 35.0 Å². The van der Waals surface area contributed by atoms with Crippen LogP contribution in [-0.4, -0.2) is 45.2 Å². The summed E-state index contributed by atoms with van der Waals surface area (Å²) in [5.41, 5.74) is 2.59. The van der Waals surface area contributed by atoms with E-state index in [1.54, 1.807) is 16.8 Å². The second-order valence-electron chi connectivity index (χ2n) is 7.79. The van der Waals surface area contributed by atoms with Crippen LogP contribution in [0.15, 0.2) is 54.6 Å². The maximum absolute atomic E-state index is 13.5. The van der Waals surface area contributed by atoms with Gasteiger partial charge in [-0.3, -0.25) is 9.59 Å². The molecule has 0 radical (unpaired) electrons. The number of rotatable bonds is 5. The largest absolute Gasteiger partial charge is 0.336 e. The first-order valence-electron chi connectivity index (χ1n) is 10.4. The van der Waals surface area contributed by atoms with Gasteiger partial charge in [0.15, 0.2) is 0 Å². The van der Waals surface area contributed by atoms with Crippen LogP contribution in [0.3, 0.4) is 0 Å². The Morgan fingerprint density at radius 1 is 1.07 bits per heavy atom. The summed E-state index contributed by atoms with van der Waals surface area (Å²) in [5, 5.41) is 1.01. The molecule has 30 heavy (non-hydrogen) atoms. The van der Waals surface area contributed by atoms with Crippen LogP contribution >= 0.6 is 0 Å². The smallest absolute Gasteiger partial charge is 0.250 e. The molecule has 0 saturated carbocycles. The Kier molecular flexibility index (Phi) is 5.74. The number of piperidine rings is 1. The summed E-state index contributed by atoms with van der Waals surface area (Å²) >= 11 is 0. The molecule has 2 amide bonds. The Hall–Kier alpha value is -3.28. The minimum absolute atomic E-state index is 0.0367. The van der Waals surface area contributed by atoms with E-state index >= 15 is 0 Å². The molecular formula is C24H26N4O2. The molecule has 1 aromatic heterocycles. The zero-order valence-corrected chi connectivity index (χ0v) is 17.4. The van der Waals surface area contributed by atoms with Gasteiger partial charge in [-0.25, -0.2) is 9.97 Å². The fraction of sp³-hybridized carbons (Fsp3) is 0.333. The number of para-hydroxylation sites is 1. The van der Waals surface area contributed by atoms with E-state index in [-0.39, 0.29) is 18.4 Å². The van der Waals surface area contributed by atoms with Gasteiger partial charge in [-0.2, -0.15) is 0 Å². The number of aryl methyl sites for hydroxylation is 1. The van der Waals surface area contributed by atoms with Gasteiger partial charge in [0.25, 0.3) is 0 Å². The van der Waals surface area contributed by atoms with E-state index in [9.17, 15) is 9.59 Å². The topological polar surface area (TPSA) is 66.4 Å². The van der Waals surface area contributed by atoms with Crippen molar-refractivity contribution in [3.8, 4) is 0 Å². The number of benzene rings is 2. The molecule has 1 saturated heterocycles. The first-order valence-corrected chi connectivity index (χ1v) is 10.4. The van der Waals surface area contributed by atoms with Gasteiger partial charge in [-0.05, 0) is 31.4 Å². The molecule has 6 heteroatoms. The van der Waals surface area contributed by atoms with Crippen LogP contribution in [0.2, 0.25) is 0 Å². The Balaban J connectivity index is 1.62. The van der Waals surface area contributed by atoms with Crippen molar-refractivity contribution < 1.29 is 9.59 Å². The third-order valence-corrected chi connectivity index (χ3v) is 5.62. The van der Waals surface area contributed by atoms with E-state index in [1.165, 1.54) is 0 Å². The van der Waals surface area contributed by atoms with Gasteiger partial charge < -0.3 is 9.80 Å². The van der Waals surface area contributed by atoms with Crippen LogP contribution in [0.25, 0.3) is 10.9 Å². The van der Waals surface area contributed by atoms with Crippen molar-refractivity contribution >= 4 is 22.7 Å². The summed E-state index contributed by atoms with van der Waals surface area (Å²) in [6.07, 6.45) is 2.29. The van der Waals surface area contributed by atoms with Gasteiger partial charge in [-0.1, -0.05) is 48.5 Å². The zero-order chi connectivity index (χ0) is 21.1. The van der Waals surface area contributed by atoms with Crippen LogP contribution < -0.4 is 0 Å². The normalized spacial score (nSPS) is 15.3. The standard InChI is InChI=1S/C24H26N4O2/c1-17-19-12-6-7-13-20(19)26-21(25-17)16-27(2)24(30)23(18-10-4-3-5-11-18)28-15-9-8-14-22(28)29/h3-7,10-13,23H,8-9,14-16H2,1-2H3. The molecule has 2 aromatic carbocycles. The number of likely N-dealkylation sites (N-methyl/N-ethyl adjacent to an activating group) is 1. The highest BCUT2D eigenvalue weighted by molar-refractivity contribution is 5.89. The van der Waals surface area contributed by atoms with Crippen molar-refractivity contribution in [2.75, 3.05) is 13.6 Å². The first kappa shape index (κ1) is 20.0.